The SMILES string of the molecule is COC(=O)[C@@H]1C[NH2+]C[C@H](O)C1. The van der Waals surface area contributed by atoms with E-state index in [4.69, 9.17) is 0 Å². The van der Waals surface area contributed by atoms with Gasteiger partial charge in [0.1, 0.15) is 18.6 Å². The molecule has 1 aliphatic heterocycles. The maximum absolute atomic E-state index is 11.0. The third kappa shape index (κ3) is 2.17. The van der Waals surface area contributed by atoms with Crippen molar-refractivity contribution < 1.29 is 20.0 Å². The van der Waals surface area contributed by atoms with Gasteiger partial charge in [-0.15, -0.1) is 0 Å². The molecule has 1 aliphatic rings. The molecule has 1 heterocycles. The Kier molecular flexibility index (Phi) is 2.84. The van der Waals surface area contributed by atoms with Crippen molar-refractivity contribution in [3.63, 3.8) is 0 Å². The lowest BCUT2D eigenvalue weighted by Gasteiger charge is -2.21. The van der Waals surface area contributed by atoms with E-state index in [-0.39, 0.29) is 18.0 Å². The topological polar surface area (TPSA) is 63.1 Å². The number of carbonyl (C=O) groups excluding carboxylic acids is 1. The molecule has 0 aliphatic carbocycles. The molecule has 1 saturated heterocycles. The highest BCUT2D eigenvalue weighted by Crippen LogP contribution is 2.08. The van der Waals surface area contributed by atoms with Gasteiger partial charge in [0, 0.05) is 0 Å². The number of aliphatic hydroxyl groups excluding tert-OH is 1. The molecule has 3 N–H and O–H groups in total. The number of piperidine rings is 1. The van der Waals surface area contributed by atoms with Crippen LogP contribution in [0, 0.1) is 5.92 Å². The Balaban J connectivity index is 2.39. The third-order valence-corrected chi connectivity index (χ3v) is 1.98. The molecular weight excluding hydrogens is 146 g/mol. The van der Waals surface area contributed by atoms with Crippen LogP contribution in [0.2, 0.25) is 0 Å². The monoisotopic (exact) mass is 160 g/mol. The van der Waals surface area contributed by atoms with E-state index in [0.717, 1.165) is 6.54 Å². The van der Waals surface area contributed by atoms with Crippen molar-refractivity contribution in [1.82, 2.24) is 0 Å². The first-order chi connectivity index (χ1) is 5.24. The summed E-state index contributed by atoms with van der Waals surface area (Å²) in [6.45, 7) is 1.44. The van der Waals surface area contributed by atoms with Crippen LogP contribution in [-0.2, 0) is 9.53 Å². The zero-order valence-electron chi connectivity index (χ0n) is 6.62. The minimum absolute atomic E-state index is 0.122. The van der Waals surface area contributed by atoms with E-state index in [9.17, 15) is 9.90 Å². The van der Waals surface area contributed by atoms with Gasteiger partial charge < -0.3 is 15.2 Å². The van der Waals surface area contributed by atoms with Crippen molar-refractivity contribution >= 4 is 5.97 Å². The summed E-state index contributed by atoms with van der Waals surface area (Å²) < 4.78 is 4.57. The summed E-state index contributed by atoms with van der Waals surface area (Å²) in [6, 6.07) is 0. The lowest BCUT2D eigenvalue weighted by Crippen LogP contribution is -2.90. The van der Waals surface area contributed by atoms with Gasteiger partial charge in [0.2, 0.25) is 0 Å². The quantitative estimate of drug-likeness (QED) is 0.441. The standard InChI is InChI=1S/C7H13NO3/c1-11-7(10)5-2-6(9)4-8-3-5/h5-6,8-9H,2-4H2,1H3/p+1/t5-,6+/m0/s1. The van der Waals surface area contributed by atoms with Crippen LogP contribution in [0.5, 0.6) is 0 Å². The van der Waals surface area contributed by atoms with Gasteiger partial charge in [-0.05, 0) is 6.42 Å². The van der Waals surface area contributed by atoms with Gasteiger partial charge in [0.05, 0.1) is 13.7 Å². The number of nitrogens with two attached hydrogens (primary N) is 1. The molecule has 0 aromatic heterocycles. The molecule has 0 bridgehead atoms. The first-order valence-corrected chi connectivity index (χ1v) is 3.81. The summed E-state index contributed by atoms with van der Waals surface area (Å²) in [7, 11) is 1.38. The van der Waals surface area contributed by atoms with Crippen LogP contribution in [0.1, 0.15) is 6.42 Å². The number of hydrogen-bond acceptors (Lipinski definition) is 3. The summed E-state index contributed by atoms with van der Waals surface area (Å²) in [4.78, 5) is 11.0. The van der Waals surface area contributed by atoms with Crippen molar-refractivity contribution in [2.75, 3.05) is 20.2 Å². The molecule has 2 atom stereocenters. The number of hydrogen-bond donors (Lipinski definition) is 2. The van der Waals surface area contributed by atoms with Crippen LogP contribution >= 0.6 is 0 Å². The van der Waals surface area contributed by atoms with E-state index in [1.807, 2.05) is 5.32 Å². The Labute approximate surface area is 65.5 Å². The van der Waals surface area contributed by atoms with Gasteiger partial charge in [-0.25, -0.2) is 0 Å². The van der Waals surface area contributed by atoms with Crippen LogP contribution < -0.4 is 5.32 Å². The van der Waals surface area contributed by atoms with Crippen molar-refractivity contribution in [2.24, 2.45) is 5.92 Å². The van der Waals surface area contributed by atoms with Gasteiger partial charge in [0.25, 0.3) is 0 Å². The van der Waals surface area contributed by atoms with E-state index >= 15 is 0 Å². The Morgan fingerprint density at radius 2 is 2.36 bits per heavy atom. The number of rotatable bonds is 1. The second-order valence-corrected chi connectivity index (χ2v) is 2.87. The van der Waals surface area contributed by atoms with Crippen molar-refractivity contribution in [3.05, 3.63) is 0 Å². The number of methoxy groups -OCH3 is 1. The highest BCUT2D eigenvalue weighted by Gasteiger charge is 2.29. The maximum atomic E-state index is 11.0. The number of esters is 1. The number of quaternary nitrogens is 1. The van der Waals surface area contributed by atoms with Gasteiger partial charge >= 0.3 is 5.97 Å². The van der Waals surface area contributed by atoms with Crippen LogP contribution in [0.4, 0.5) is 0 Å². The van der Waals surface area contributed by atoms with E-state index in [0.29, 0.717) is 13.0 Å². The highest BCUT2D eigenvalue weighted by atomic mass is 16.5. The zero-order chi connectivity index (χ0) is 8.27. The summed E-state index contributed by atoms with van der Waals surface area (Å²) >= 11 is 0. The first kappa shape index (κ1) is 8.49. The summed E-state index contributed by atoms with van der Waals surface area (Å²) in [5, 5.41) is 11.1. The molecule has 0 amide bonds. The van der Waals surface area contributed by atoms with Gasteiger partial charge in [-0.3, -0.25) is 4.79 Å². The van der Waals surface area contributed by atoms with Gasteiger partial charge in [0.15, 0.2) is 0 Å². The van der Waals surface area contributed by atoms with Gasteiger partial charge in [-0.2, -0.15) is 0 Å². The zero-order valence-corrected chi connectivity index (χ0v) is 6.62. The molecule has 4 heteroatoms. The Morgan fingerprint density at radius 1 is 1.64 bits per heavy atom. The lowest BCUT2D eigenvalue weighted by molar-refractivity contribution is -0.674. The predicted octanol–water partition coefficient (Wildman–Crippen LogP) is -1.90. The molecule has 0 aromatic carbocycles. The highest BCUT2D eigenvalue weighted by molar-refractivity contribution is 5.72. The summed E-state index contributed by atoms with van der Waals surface area (Å²) in [6.07, 6.45) is 0.191. The van der Waals surface area contributed by atoms with Crippen molar-refractivity contribution in [1.29, 1.82) is 0 Å². The van der Waals surface area contributed by atoms with Crippen molar-refractivity contribution in [2.45, 2.75) is 12.5 Å². The van der Waals surface area contributed by atoms with E-state index in [1.54, 1.807) is 0 Å². The predicted molar refractivity (Wildman–Crippen MR) is 37.8 cm³/mol. The van der Waals surface area contributed by atoms with Gasteiger partial charge in [-0.1, -0.05) is 0 Å². The lowest BCUT2D eigenvalue weighted by atomic mass is 9.98. The third-order valence-electron chi connectivity index (χ3n) is 1.98. The van der Waals surface area contributed by atoms with Crippen LogP contribution in [0.15, 0.2) is 0 Å². The minimum atomic E-state index is -0.354. The molecular formula is C7H14NO3+. The molecule has 64 valence electrons. The number of carbonyl (C=O) groups is 1. The number of ether oxygens (including phenoxy) is 1. The fourth-order valence-electron chi connectivity index (χ4n) is 1.37. The smallest absolute Gasteiger partial charge is 0.314 e. The fraction of sp³-hybridized carbons (Fsp3) is 0.857. The molecule has 0 unspecified atom stereocenters. The van der Waals surface area contributed by atoms with E-state index in [1.165, 1.54) is 7.11 Å². The molecule has 11 heavy (non-hydrogen) atoms. The second-order valence-electron chi connectivity index (χ2n) is 2.87. The second kappa shape index (κ2) is 3.69. The first-order valence-electron chi connectivity index (χ1n) is 3.81. The normalized spacial score (nSPS) is 31.5. The maximum Gasteiger partial charge on any atom is 0.314 e. The molecule has 0 radical (unpaired) electrons. The molecule has 0 saturated carbocycles. The summed E-state index contributed by atoms with van der Waals surface area (Å²) in [5.74, 6) is -0.330. The Morgan fingerprint density at radius 3 is 2.91 bits per heavy atom. The average Bonchev–Trinajstić information content (AvgIpc) is 2.03. The van der Waals surface area contributed by atoms with E-state index < -0.39 is 0 Å². The molecule has 1 rings (SSSR count). The molecule has 0 spiro atoms. The van der Waals surface area contributed by atoms with Crippen LogP contribution in [0.25, 0.3) is 0 Å². The number of aliphatic hydroxyl groups is 1. The minimum Gasteiger partial charge on any atom is -0.469 e. The van der Waals surface area contributed by atoms with E-state index in [2.05, 4.69) is 4.74 Å². The Hall–Kier alpha value is -0.610. The Bertz CT molecular complexity index is 149. The average molecular weight is 160 g/mol. The fourth-order valence-corrected chi connectivity index (χ4v) is 1.37. The molecule has 1 fully saturated rings. The van der Waals surface area contributed by atoms with Crippen molar-refractivity contribution in [3.8, 4) is 0 Å². The molecule has 4 nitrogen and oxygen atoms in total. The van der Waals surface area contributed by atoms with Crippen LogP contribution in [0.3, 0.4) is 0 Å². The largest absolute Gasteiger partial charge is 0.469 e. The van der Waals surface area contributed by atoms with Crippen LogP contribution in [-0.4, -0.2) is 37.4 Å². The summed E-state index contributed by atoms with van der Waals surface area (Å²) in [5.41, 5.74) is 0. The molecule has 0 aromatic rings.